The molecule has 4 atom stereocenters. The lowest BCUT2D eigenvalue weighted by Gasteiger charge is -2.27. The molecule has 0 saturated carbocycles. The zero-order valence-electron chi connectivity index (χ0n) is 31.7. The maximum Gasteiger partial charge on any atom is 0.249 e. The van der Waals surface area contributed by atoms with Gasteiger partial charge in [0.05, 0.1) is 18.8 Å². The van der Waals surface area contributed by atoms with Gasteiger partial charge in [-0.05, 0) is 51.4 Å². The van der Waals surface area contributed by atoms with Gasteiger partial charge >= 0.3 is 0 Å². The highest BCUT2D eigenvalue weighted by molar-refractivity contribution is 5.80. The van der Waals surface area contributed by atoms with Crippen LogP contribution in [0, 0.1) is 0 Å². The van der Waals surface area contributed by atoms with E-state index < -0.39 is 36.9 Å². The smallest absolute Gasteiger partial charge is 0.249 e. The molecule has 0 saturated heterocycles. The molecule has 0 aliphatic heterocycles. The Morgan fingerprint density at radius 1 is 0.500 bits per heavy atom. The Kier molecular flexibility index (Phi) is 36.1. The number of amides is 1. The van der Waals surface area contributed by atoms with Gasteiger partial charge in [0.2, 0.25) is 5.91 Å². The summed E-state index contributed by atoms with van der Waals surface area (Å²) in [5.74, 6) is -0.597. The van der Waals surface area contributed by atoms with Gasteiger partial charge in [0, 0.05) is 0 Å². The lowest BCUT2D eigenvalue weighted by Crippen LogP contribution is -2.53. The molecule has 0 spiro atoms. The molecule has 0 aliphatic carbocycles. The summed E-state index contributed by atoms with van der Waals surface area (Å²) >= 11 is 0. The van der Waals surface area contributed by atoms with Gasteiger partial charge in [-0.2, -0.15) is 0 Å². The van der Waals surface area contributed by atoms with Gasteiger partial charge in [-0.1, -0.05) is 179 Å². The van der Waals surface area contributed by atoms with Crippen molar-refractivity contribution in [3.8, 4) is 0 Å². The first-order valence-electron chi connectivity index (χ1n) is 20.7. The summed E-state index contributed by atoms with van der Waals surface area (Å²) in [5, 5.41) is 43.5. The Balaban J connectivity index is 3.81. The van der Waals surface area contributed by atoms with Crippen LogP contribution in [-0.4, -0.2) is 57.3 Å². The minimum atomic E-state index is -1.28. The van der Waals surface area contributed by atoms with Crippen LogP contribution < -0.4 is 5.32 Å². The van der Waals surface area contributed by atoms with Crippen molar-refractivity contribution in [2.45, 2.75) is 231 Å². The molecule has 0 aromatic rings. The van der Waals surface area contributed by atoms with Crippen LogP contribution >= 0.6 is 0 Å². The third-order valence-corrected chi connectivity index (χ3v) is 9.64. The zero-order chi connectivity index (χ0) is 35.3. The highest BCUT2D eigenvalue weighted by atomic mass is 16.3. The third kappa shape index (κ3) is 30.8. The number of carbonyl (C=O) groups excluding carboxylic acids is 1. The van der Waals surface area contributed by atoms with E-state index in [1.165, 1.54) is 135 Å². The number of hydrogen-bond acceptors (Lipinski definition) is 5. The first-order valence-corrected chi connectivity index (χ1v) is 20.7. The molecule has 6 nitrogen and oxygen atoms in total. The van der Waals surface area contributed by atoms with Crippen molar-refractivity contribution in [3.63, 3.8) is 0 Å². The fourth-order valence-electron chi connectivity index (χ4n) is 6.30. The lowest BCUT2D eigenvalue weighted by molar-refractivity contribution is -0.132. The minimum absolute atomic E-state index is 0.364. The second-order valence-corrected chi connectivity index (χ2v) is 14.3. The van der Waals surface area contributed by atoms with Gasteiger partial charge in [0.15, 0.2) is 0 Å². The van der Waals surface area contributed by atoms with Gasteiger partial charge in [-0.15, -0.1) is 0 Å². The summed E-state index contributed by atoms with van der Waals surface area (Å²) in [4.78, 5) is 12.5. The molecule has 0 aromatic carbocycles. The number of unbranched alkanes of at least 4 members (excludes halogenated alkanes) is 24. The number of rotatable bonds is 37. The van der Waals surface area contributed by atoms with Crippen LogP contribution in [-0.2, 0) is 4.79 Å². The maximum absolute atomic E-state index is 12.5. The highest BCUT2D eigenvalue weighted by Gasteiger charge is 2.28. The Morgan fingerprint density at radius 3 is 1.31 bits per heavy atom. The van der Waals surface area contributed by atoms with Crippen molar-refractivity contribution in [3.05, 3.63) is 24.3 Å². The number of aliphatic hydroxyl groups excluding tert-OH is 4. The fraction of sp³-hybridized carbons (Fsp3) is 0.881. The van der Waals surface area contributed by atoms with Crippen molar-refractivity contribution >= 4 is 5.91 Å². The largest absolute Gasteiger partial charge is 0.394 e. The van der Waals surface area contributed by atoms with E-state index in [0.29, 0.717) is 19.3 Å². The van der Waals surface area contributed by atoms with E-state index in [2.05, 4.69) is 43.5 Å². The molecular weight excluding hydrogens is 598 g/mol. The van der Waals surface area contributed by atoms with Crippen molar-refractivity contribution in [1.29, 1.82) is 0 Å². The van der Waals surface area contributed by atoms with Crippen LogP contribution in [0.25, 0.3) is 0 Å². The summed E-state index contributed by atoms with van der Waals surface area (Å²) in [5.41, 5.74) is 0. The van der Waals surface area contributed by atoms with Gasteiger partial charge in [-0.25, -0.2) is 0 Å². The summed E-state index contributed by atoms with van der Waals surface area (Å²) in [6, 6.07) is -1.00. The van der Waals surface area contributed by atoms with Crippen LogP contribution in [0.1, 0.15) is 206 Å². The highest BCUT2D eigenvalue weighted by Crippen LogP contribution is 2.15. The van der Waals surface area contributed by atoms with Crippen molar-refractivity contribution in [1.82, 2.24) is 5.32 Å². The minimum Gasteiger partial charge on any atom is -0.394 e. The van der Waals surface area contributed by atoms with Gasteiger partial charge in [0.1, 0.15) is 12.2 Å². The van der Waals surface area contributed by atoms with Gasteiger partial charge in [-0.3, -0.25) is 4.79 Å². The van der Waals surface area contributed by atoms with Crippen LogP contribution in [0.5, 0.6) is 0 Å². The Labute approximate surface area is 297 Å². The van der Waals surface area contributed by atoms with Gasteiger partial charge < -0.3 is 25.7 Å². The Morgan fingerprint density at radius 2 is 0.875 bits per heavy atom. The summed E-state index contributed by atoms with van der Waals surface area (Å²) in [7, 11) is 0. The first kappa shape index (κ1) is 46.8. The molecule has 0 fully saturated rings. The van der Waals surface area contributed by atoms with Crippen LogP contribution in [0.3, 0.4) is 0 Å². The molecule has 0 aliphatic rings. The molecule has 1 amide bonds. The van der Waals surface area contributed by atoms with Crippen LogP contribution in [0.2, 0.25) is 0 Å². The zero-order valence-corrected chi connectivity index (χ0v) is 31.7. The summed E-state index contributed by atoms with van der Waals surface area (Å²) in [6.07, 6.45) is 40.6. The molecular formula is C42H81NO5. The molecule has 0 aromatic heterocycles. The monoisotopic (exact) mass is 680 g/mol. The number of carbonyl (C=O) groups is 1. The topological polar surface area (TPSA) is 110 Å². The van der Waals surface area contributed by atoms with Crippen LogP contribution in [0.4, 0.5) is 0 Å². The predicted octanol–water partition coefficient (Wildman–Crippen LogP) is 10.4. The molecule has 0 heterocycles. The van der Waals surface area contributed by atoms with E-state index in [1.807, 2.05) is 0 Å². The van der Waals surface area contributed by atoms with Crippen molar-refractivity contribution in [2.75, 3.05) is 6.61 Å². The average molecular weight is 680 g/mol. The summed E-state index contributed by atoms with van der Waals surface area (Å²) in [6.45, 7) is 4.02. The molecule has 0 radical (unpaired) electrons. The molecule has 4 unspecified atom stereocenters. The molecule has 0 bridgehead atoms. The molecule has 0 rings (SSSR count). The molecule has 48 heavy (non-hydrogen) atoms. The van der Waals surface area contributed by atoms with E-state index in [1.54, 1.807) is 0 Å². The average Bonchev–Trinajstić information content (AvgIpc) is 3.09. The normalized spacial score (nSPS) is 14.5. The predicted molar refractivity (Wildman–Crippen MR) is 205 cm³/mol. The Hall–Kier alpha value is -1.21. The van der Waals surface area contributed by atoms with E-state index in [0.717, 1.165) is 38.5 Å². The maximum atomic E-state index is 12.5. The quantitative estimate of drug-likeness (QED) is 0.0332. The van der Waals surface area contributed by atoms with E-state index in [9.17, 15) is 25.2 Å². The second kappa shape index (κ2) is 37.1. The summed E-state index contributed by atoms with van der Waals surface area (Å²) < 4.78 is 0. The Bertz CT molecular complexity index is 727. The first-order chi connectivity index (χ1) is 23.5. The van der Waals surface area contributed by atoms with Crippen LogP contribution in [0.15, 0.2) is 24.3 Å². The molecule has 6 heteroatoms. The standard InChI is InChI=1S/C42H81NO5/c1-3-5-7-9-11-13-15-17-19-20-22-24-26-28-30-32-34-36-40(46)42(48)43-38(37-44)41(47)39(45)35-33-31-29-27-25-23-21-18-16-14-12-10-8-6-4-2/h18,21,27,29,38-41,44-47H,3-17,19-20,22-26,28,30-37H2,1-2H3,(H,43,48)/b21-18+,29-27+. The van der Waals surface area contributed by atoms with E-state index in [-0.39, 0.29) is 0 Å². The van der Waals surface area contributed by atoms with Crippen molar-refractivity contribution in [2.24, 2.45) is 0 Å². The SMILES string of the molecule is CCCCCCCC/C=C/CC/C=C/CCCC(O)C(O)C(CO)NC(=O)C(O)CCCCCCCCCCCCCCCCCCC. The number of hydrogen-bond donors (Lipinski definition) is 5. The number of nitrogens with one attached hydrogen (secondary N) is 1. The third-order valence-electron chi connectivity index (χ3n) is 9.64. The molecule has 5 N–H and O–H groups in total. The molecule has 284 valence electrons. The second-order valence-electron chi connectivity index (χ2n) is 14.3. The number of aliphatic hydroxyl groups is 4. The van der Waals surface area contributed by atoms with E-state index >= 15 is 0 Å². The lowest BCUT2D eigenvalue weighted by atomic mass is 10.00. The van der Waals surface area contributed by atoms with Gasteiger partial charge in [0.25, 0.3) is 0 Å². The fourth-order valence-corrected chi connectivity index (χ4v) is 6.30. The number of allylic oxidation sites excluding steroid dienone is 4. The van der Waals surface area contributed by atoms with E-state index in [4.69, 9.17) is 0 Å². The van der Waals surface area contributed by atoms with Crippen molar-refractivity contribution < 1.29 is 25.2 Å².